The number of amides is 1. The fraction of sp³-hybridized carbons (Fsp3) is 0.353. The summed E-state index contributed by atoms with van der Waals surface area (Å²) in [5.74, 6) is 0.726. The van der Waals surface area contributed by atoms with Crippen LogP contribution in [-0.2, 0) is 16.4 Å². The number of nitrogens with one attached hydrogen (secondary N) is 1. The number of rotatable bonds is 5. The zero-order chi connectivity index (χ0) is 17.9. The first-order valence-electron chi connectivity index (χ1n) is 8.01. The van der Waals surface area contributed by atoms with Crippen LogP contribution in [0, 0.1) is 0 Å². The Labute approximate surface area is 147 Å². The molecule has 1 unspecified atom stereocenters. The van der Waals surface area contributed by atoms with Gasteiger partial charge in [-0.3, -0.25) is 9.78 Å². The predicted molar refractivity (Wildman–Crippen MR) is 95.1 cm³/mol. The molecule has 2 aromatic rings. The summed E-state index contributed by atoms with van der Waals surface area (Å²) in [5, 5.41) is 2.86. The van der Waals surface area contributed by atoms with Crippen molar-refractivity contribution in [2.24, 2.45) is 0 Å². The van der Waals surface area contributed by atoms with Gasteiger partial charge in [-0.25, -0.2) is 13.4 Å². The number of sulfone groups is 1. The van der Waals surface area contributed by atoms with Gasteiger partial charge in [0, 0.05) is 43.8 Å². The molecule has 132 valence electrons. The summed E-state index contributed by atoms with van der Waals surface area (Å²) in [6.45, 7) is 0.412. The van der Waals surface area contributed by atoms with Crippen LogP contribution in [-0.4, -0.2) is 48.9 Å². The molecule has 1 amide bonds. The second-order valence-electron chi connectivity index (χ2n) is 6.11. The Hall–Kier alpha value is -2.48. The van der Waals surface area contributed by atoms with Gasteiger partial charge in [0.2, 0.25) is 0 Å². The van der Waals surface area contributed by atoms with Gasteiger partial charge in [-0.05, 0) is 36.2 Å². The molecular formula is C17H20N4O3S. The first-order valence-corrected chi connectivity index (χ1v) is 9.83. The van der Waals surface area contributed by atoms with Crippen molar-refractivity contribution in [1.82, 2.24) is 15.3 Å². The van der Waals surface area contributed by atoms with Crippen LogP contribution in [0.5, 0.6) is 0 Å². The van der Waals surface area contributed by atoms with Gasteiger partial charge in [0.1, 0.15) is 5.82 Å². The molecule has 0 radical (unpaired) electrons. The number of nitrogens with zero attached hydrogens (tertiary/aromatic N) is 3. The lowest BCUT2D eigenvalue weighted by Gasteiger charge is -2.24. The molecule has 0 aromatic carbocycles. The maximum absolute atomic E-state index is 12.3. The van der Waals surface area contributed by atoms with E-state index in [4.69, 9.17) is 0 Å². The highest BCUT2D eigenvalue weighted by Gasteiger charge is 2.31. The van der Waals surface area contributed by atoms with E-state index in [9.17, 15) is 13.2 Å². The maximum Gasteiger partial charge on any atom is 0.251 e. The van der Waals surface area contributed by atoms with Crippen molar-refractivity contribution in [3.63, 3.8) is 0 Å². The molecule has 0 aliphatic carbocycles. The standard InChI is InChI=1S/C17H20N4O3S/c1-21(15-5-9-25(23,24)12-15)16-10-14(4-8-19-16)17(22)20-11-13-2-6-18-7-3-13/h2-4,6-8,10,15H,5,9,11-12H2,1H3,(H,20,22). The van der Waals surface area contributed by atoms with Gasteiger partial charge in [0.15, 0.2) is 9.84 Å². The molecule has 0 bridgehead atoms. The molecule has 25 heavy (non-hydrogen) atoms. The van der Waals surface area contributed by atoms with Crippen molar-refractivity contribution in [3.05, 3.63) is 54.0 Å². The summed E-state index contributed by atoms with van der Waals surface area (Å²) in [6, 6.07) is 6.91. The first-order chi connectivity index (χ1) is 11.9. The first kappa shape index (κ1) is 17.3. The van der Waals surface area contributed by atoms with E-state index in [0.29, 0.717) is 24.3 Å². The molecule has 1 fully saturated rings. The fourth-order valence-corrected chi connectivity index (χ4v) is 4.58. The van der Waals surface area contributed by atoms with E-state index in [1.54, 1.807) is 30.7 Å². The summed E-state index contributed by atoms with van der Waals surface area (Å²) in [4.78, 5) is 22.4. The second kappa shape index (κ2) is 7.18. The molecule has 3 heterocycles. The molecule has 0 saturated carbocycles. The number of anilines is 1. The molecular weight excluding hydrogens is 340 g/mol. The summed E-state index contributed by atoms with van der Waals surface area (Å²) in [6.07, 6.45) is 5.50. The minimum Gasteiger partial charge on any atom is -0.356 e. The summed E-state index contributed by atoms with van der Waals surface area (Å²) < 4.78 is 23.3. The van der Waals surface area contributed by atoms with Crippen LogP contribution in [0.2, 0.25) is 0 Å². The van der Waals surface area contributed by atoms with Crippen molar-refractivity contribution in [3.8, 4) is 0 Å². The second-order valence-corrected chi connectivity index (χ2v) is 8.34. The Kier molecular flexibility index (Phi) is 4.98. The predicted octanol–water partition coefficient (Wildman–Crippen LogP) is 1.03. The van der Waals surface area contributed by atoms with Crippen molar-refractivity contribution >= 4 is 21.6 Å². The molecule has 1 atom stereocenters. The van der Waals surface area contributed by atoms with Gasteiger partial charge < -0.3 is 10.2 Å². The number of hydrogen-bond acceptors (Lipinski definition) is 6. The molecule has 2 aromatic heterocycles. The highest BCUT2D eigenvalue weighted by molar-refractivity contribution is 7.91. The normalized spacial score (nSPS) is 18.7. The number of carbonyl (C=O) groups excluding carboxylic acids is 1. The van der Waals surface area contributed by atoms with Crippen molar-refractivity contribution in [2.45, 2.75) is 19.0 Å². The highest BCUT2D eigenvalue weighted by Crippen LogP contribution is 2.22. The molecule has 8 heteroatoms. The smallest absolute Gasteiger partial charge is 0.251 e. The SMILES string of the molecule is CN(c1cc(C(=O)NCc2ccncc2)ccn1)C1CCS(=O)(=O)C1. The zero-order valence-electron chi connectivity index (χ0n) is 13.9. The Morgan fingerprint density at radius 2 is 2.04 bits per heavy atom. The fourth-order valence-electron chi connectivity index (χ4n) is 2.81. The number of aromatic nitrogens is 2. The van der Waals surface area contributed by atoms with E-state index in [-0.39, 0.29) is 23.5 Å². The number of carbonyl (C=O) groups is 1. The molecule has 1 saturated heterocycles. The summed E-state index contributed by atoms with van der Waals surface area (Å²) >= 11 is 0. The van der Waals surface area contributed by atoms with E-state index in [1.807, 2.05) is 24.1 Å². The minimum atomic E-state index is -2.97. The van der Waals surface area contributed by atoms with Crippen LogP contribution in [0.4, 0.5) is 5.82 Å². The minimum absolute atomic E-state index is 0.104. The quantitative estimate of drug-likeness (QED) is 0.856. The zero-order valence-corrected chi connectivity index (χ0v) is 14.7. The third-order valence-electron chi connectivity index (χ3n) is 4.33. The lowest BCUT2D eigenvalue weighted by atomic mass is 10.2. The molecule has 1 aliphatic heterocycles. The van der Waals surface area contributed by atoms with E-state index >= 15 is 0 Å². The van der Waals surface area contributed by atoms with E-state index in [0.717, 1.165) is 5.56 Å². The van der Waals surface area contributed by atoms with Crippen LogP contribution < -0.4 is 10.2 Å². The lowest BCUT2D eigenvalue weighted by molar-refractivity contribution is 0.0951. The van der Waals surface area contributed by atoms with Crippen LogP contribution in [0.15, 0.2) is 42.9 Å². The Bertz CT molecular complexity index is 855. The van der Waals surface area contributed by atoms with Crippen molar-refractivity contribution < 1.29 is 13.2 Å². The summed E-state index contributed by atoms with van der Waals surface area (Å²) in [7, 11) is -1.16. The lowest BCUT2D eigenvalue weighted by Crippen LogP contribution is -2.33. The van der Waals surface area contributed by atoms with E-state index < -0.39 is 9.84 Å². The Morgan fingerprint density at radius 3 is 2.72 bits per heavy atom. The third-order valence-corrected chi connectivity index (χ3v) is 6.08. The topological polar surface area (TPSA) is 92.3 Å². The van der Waals surface area contributed by atoms with Gasteiger partial charge >= 0.3 is 0 Å². The van der Waals surface area contributed by atoms with Crippen LogP contribution in [0.1, 0.15) is 22.3 Å². The molecule has 1 N–H and O–H groups in total. The number of hydrogen-bond donors (Lipinski definition) is 1. The van der Waals surface area contributed by atoms with E-state index in [2.05, 4.69) is 15.3 Å². The van der Waals surface area contributed by atoms with Crippen LogP contribution in [0.3, 0.4) is 0 Å². The summed E-state index contributed by atoms with van der Waals surface area (Å²) in [5.41, 5.74) is 1.46. The molecule has 1 aliphatic rings. The van der Waals surface area contributed by atoms with Gasteiger partial charge in [-0.1, -0.05) is 0 Å². The van der Waals surface area contributed by atoms with Gasteiger partial charge in [0.05, 0.1) is 11.5 Å². The third kappa shape index (κ3) is 4.33. The van der Waals surface area contributed by atoms with Gasteiger partial charge in [-0.15, -0.1) is 0 Å². The van der Waals surface area contributed by atoms with Crippen molar-refractivity contribution in [1.29, 1.82) is 0 Å². The van der Waals surface area contributed by atoms with Crippen LogP contribution in [0.25, 0.3) is 0 Å². The van der Waals surface area contributed by atoms with E-state index in [1.165, 1.54) is 0 Å². The molecule has 3 rings (SSSR count). The largest absolute Gasteiger partial charge is 0.356 e. The van der Waals surface area contributed by atoms with Crippen LogP contribution >= 0.6 is 0 Å². The molecule has 7 nitrogen and oxygen atoms in total. The Balaban J connectivity index is 1.67. The maximum atomic E-state index is 12.3. The number of pyridine rings is 2. The van der Waals surface area contributed by atoms with Crippen molar-refractivity contribution in [2.75, 3.05) is 23.5 Å². The Morgan fingerprint density at radius 1 is 1.28 bits per heavy atom. The average Bonchev–Trinajstić information content (AvgIpc) is 3.00. The highest BCUT2D eigenvalue weighted by atomic mass is 32.2. The monoisotopic (exact) mass is 360 g/mol. The average molecular weight is 360 g/mol. The van der Waals surface area contributed by atoms with Gasteiger partial charge in [-0.2, -0.15) is 0 Å². The van der Waals surface area contributed by atoms with Gasteiger partial charge in [0.25, 0.3) is 5.91 Å². The molecule has 0 spiro atoms.